The van der Waals surface area contributed by atoms with E-state index in [1.54, 1.807) is 7.11 Å². The molecule has 0 aromatic carbocycles. The van der Waals surface area contributed by atoms with Gasteiger partial charge in [0.2, 0.25) is 0 Å². The zero-order chi connectivity index (χ0) is 8.48. The van der Waals surface area contributed by atoms with E-state index >= 15 is 0 Å². The van der Waals surface area contributed by atoms with Crippen LogP contribution in [-0.4, -0.2) is 16.6 Å². The maximum atomic E-state index is 5.31. The molecule has 1 nitrogen and oxygen atoms in total. The minimum absolute atomic E-state index is 0.0871. The molecule has 0 heterocycles. The van der Waals surface area contributed by atoms with Crippen molar-refractivity contribution < 1.29 is 4.74 Å². The molecule has 62 valence electrons. The summed E-state index contributed by atoms with van der Waals surface area (Å²) in [6.07, 6.45) is 6.45. The highest BCUT2D eigenvalue weighted by Crippen LogP contribution is 2.33. The number of allylic oxidation sites excluding steroid dienone is 2. The average Bonchev–Trinajstić information content (AvgIpc) is 1.94. The molecule has 0 aromatic heterocycles. The molecule has 1 aliphatic rings. The molecule has 0 radical (unpaired) electrons. The molecule has 0 fully saturated rings. The van der Waals surface area contributed by atoms with Crippen LogP contribution in [0, 0.1) is 0 Å². The highest BCUT2D eigenvalue weighted by Gasteiger charge is 2.29. The van der Waals surface area contributed by atoms with Gasteiger partial charge >= 0.3 is 0 Å². The summed E-state index contributed by atoms with van der Waals surface area (Å²) < 4.78 is 6.49. The molecular weight excluding hydrogens is 319 g/mol. The van der Waals surface area contributed by atoms with E-state index in [0.29, 0.717) is 0 Å². The van der Waals surface area contributed by atoms with Gasteiger partial charge < -0.3 is 4.74 Å². The molecule has 0 spiro atoms. The molecule has 0 saturated heterocycles. The van der Waals surface area contributed by atoms with Crippen LogP contribution < -0.4 is 0 Å². The van der Waals surface area contributed by atoms with Gasteiger partial charge in [0.1, 0.15) is 0 Å². The van der Waals surface area contributed by atoms with Crippen LogP contribution >= 0.6 is 38.5 Å². The second-order valence-electron chi connectivity index (χ2n) is 2.69. The van der Waals surface area contributed by atoms with Crippen molar-refractivity contribution in [2.75, 3.05) is 7.11 Å². The average molecular weight is 329 g/mol. The molecule has 11 heavy (non-hydrogen) atoms. The Hall–Kier alpha value is 0.650. The molecule has 2 unspecified atom stereocenters. The number of hydrogen-bond acceptors (Lipinski definition) is 1. The molecule has 0 aromatic rings. The summed E-state index contributed by atoms with van der Waals surface area (Å²) in [7, 11) is 1.73. The quantitative estimate of drug-likeness (QED) is 0.531. The minimum Gasteiger partial charge on any atom is -0.376 e. The van der Waals surface area contributed by atoms with Crippen LogP contribution in [0.15, 0.2) is 22.7 Å². The Morgan fingerprint density at radius 2 is 2.36 bits per heavy atom. The van der Waals surface area contributed by atoms with Gasteiger partial charge in [0, 0.05) is 11.6 Å². The zero-order valence-corrected chi connectivity index (χ0v) is 10.2. The number of alkyl halides is 1. The Morgan fingerprint density at radius 3 is 2.82 bits per heavy atom. The normalized spacial score (nSPS) is 37.1. The van der Waals surface area contributed by atoms with Gasteiger partial charge in [0.05, 0.1) is 9.53 Å². The number of rotatable bonds is 1. The van der Waals surface area contributed by atoms with Crippen LogP contribution in [0.5, 0.6) is 0 Å². The monoisotopic (exact) mass is 328 g/mol. The van der Waals surface area contributed by atoms with Crippen LogP contribution in [0.2, 0.25) is 0 Å². The number of halogens is 2. The summed E-state index contributed by atoms with van der Waals surface area (Å²) >= 11 is 5.80. The van der Waals surface area contributed by atoms with Crippen LogP contribution in [-0.2, 0) is 4.74 Å². The first kappa shape index (κ1) is 9.74. The van der Waals surface area contributed by atoms with Crippen molar-refractivity contribution in [3.8, 4) is 0 Å². The zero-order valence-electron chi connectivity index (χ0n) is 6.47. The molecular formula is C8H10BrIO. The lowest BCUT2D eigenvalue weighted by Gasteiger charge is -2.28. The summed E-state index contributed by atoms with van der Waals surface area (Å²) in [5.74, 6) is 0. The molecule has 0 saturated carbocycles. The lowest BCUT2D eigenvalue weighted by Crippen LogP contribution is -2.32. The Bertz CT molecular complexity index is 208. The van der Waals surface area contributed by atoms with E-state index in [0.717, 1.165) is 4.48 Å². The van der Waals surface area contributed by atoms with E-state index in [-0.39, 0.29) is 9.53 Å². The third kappa shape index (κ3) is 2.29. The standard InChI is InChI=1S/C8H10BrIO/c1-8(10)4-3-6(9)5-7(8)11-2/h3-5,7H,1-2H3. The molecule has 0 amide bonds. The van der Waals surface area contributed by atoms with Crippen molar-refractivity contribution in [2.24, 2.45) is 0 Å². The minimum atomic E-state index is 0.0871. The SMILES string of the molecule is COC1C=C(Br)C=CC1(C)I. The van der Waals surface area contributed by atoms with Crippen LogP contribution in [0.4, 0.5) is 0 Å². The van der Waals surface area contributed by atoms with Crippen molar-refractivity contribution in [1.82, 2.24) is 0 Å². The Kier molecular flexibility index (Phi) is 3.17. The molecule has 1 rings (SSSR count). The van der Waals surface area contributed by atoms with Gasteiger partial charge in [-0.3, -0.25) is 0 Å². The number of ether oxygens (including phenoxy) is 1. The molecule has 0 bridgehead atoms. The van der Waals surface area contributed by atoms with Crippen LogP contribution in [0.3, 0.4) is 0 Å². The highest BCUT2D eigenvalue weighted by atomic mass is 127. The van der Waals surface area contributed by atoms with E-state index < -0.39 is 0 Å². The topological polar surface area (TPSA) is 9.23 Å². The fourth-order valence-electron chi connectivity index (χ4n) is 0.999. The van der Waals surface area contributed by atoms with Crippen molar-refractivity contribution >= 4 is 38.5 Å². The third-order valence-electron chi connectivity index (χ3n) is 1.69. The second-order valence-corrected chi connectivity index (χ2v) is 5.93. The van der Waals surface area contributed by atoms with E-state index in [9.17, 15) is 0 Å². The Morgan fingerprint density at radius 1 is 1.73 bits per heavy atom. The molecule has 0 aliphatic heterocycles. The van der Waals surface area contributed by atoms with E-state index in [4.69, 9.17) is 4.74 Å². The van der Waals surface area contributed by atoms with Gasteiger partial charge in [-0.2, -0.15) is 0 Å². The Balaban J connectivity index is 2.84. The van der Waals surface area contributed by atoms with Gasteiger partial charge in [-0.05, 0) is 13.0 Å². The lowest BCUT2D eigenvalue weighted by atomic mass is 10.00. The fraction of sp³-hybridized carbons (Fsp3) is 0.500. The van der Waals surface area contributed by atoms with Crippen molar-refractivity contribution in [2.45, 2.75) is 16.4 Å². The molecule has 1 aliphatic carbocycles. The van der Waals surface area contributed by atoms with Crippen LogP contribution in [0.1, 0.15) is 6.92 Å². The fourth-order valence-corrected chi connectivity index (χ4v) is 1.99. The number of hydrogen-bond donors (Lipinski definition) is 0. The summed E-state index contributed by atoms with van der Waals surface area (Å²) in [5.41, 5.74) is 0. The van der Waals surface area contributed by atoms with Gasteiger partial charge in [-0.25, -0.2) is 0 Å². The van der Waals surface area contributed by atoms with E-state index in [2.05, 4.69) is 63.7 Å². The van der Waals surface area contributed by atoms with E-state index in [1.165, 1.54) is 0 Å². The smallest absolute Gasteiger partial charge is 0.0943 e. The lowest BCUT2D eigenvalue weighted by molar-refractivity contribution is 0.128. The predicted molar refractivity (Wildman–Crippen MR) is 59.4 cm³/mol. The van der Waals surface area contributed by atoms with Crippen LogP contribution in [0.25, 0.3) is 0 Å². The van der Waals surface area contributed by atoms with Gasteiger partial charge in [0.15, 0.2) is 0 Å². The molecule has 0 N–H and O–H groups in total. The van der Waals surface area contributed by atoms with Crippen molar-refractivity contribution in [3.63, 3.8) is 0 Å². The summed E-state index contributed by atoms with van der Waals surface area (Å²) in [6, 6.07) is 0. The largest absolute Gasteiger partial charge is 0.376 e. The second kappa shape index (κ2) is 3.58. The first-order chi connectivity index (χ1) is 5.06. The van der Waals surface area contributed by atoms with E-state index in [1.807, 2.05) is 0 Å². The summed E-state index contributed by atoms with van der Waals surface area (Å²) in [4.78, 5) is 0. The van der Waals surface area contributed by atoms with Crippen molar-refractivity contribution in [1.29, 1.82) is 0 Å². The van der Waals surface area contributed by atoms with Crippen molar-refractivity contribution in [3.05, 3.63) is 22.7 Å². The third-order valence-corrected chi connectivity index (χ3v) is 3.19. The summed E-state index contributed by atoms with van der Waals surface area (Å²) in [6.45, 7) is 2.15. The molecule has 3 heteroatoms. The summed E-state index contributed by atoms with van der Waals surface area (Å²) in [5, 5.41) is 0. The maximum absolute atomic E-state index is 5.31. The first-order valence-electron chi connectivity index (χ1n) is 3.34. The maximum Gasteiger partial charge on any atom is 0.0943 e. The first-order valence-corrected chi connectivity index (χ1v) is 5.22. The predicted octanol–water partition coefficient (Wildman–Crippen LogP) is 3.04. The molecule has 2 atom stereocenters. The highest BCUT2D eigenvalue weighted by molar-refractivity contribution is 14.1. The number of methoxy groups -OCH3 is 1. The van der Waals surface area contributed by atoms with Gasteiger partial charge in [0.25, 0.3) is 0 Å². The van der Waals surface area contributed by atoms with Gasteiger partial charge in [-0.1, -0.05) is 50.7 Å². The Labute approximate surface area is 89.2 Å². The van der Waals surface area contributed by atoms with Gasteiger partial charge in [-0.15, -0.1) is 0 Å².